The number of ether oxygens (including phenoxy) is 1. The molecule has 0 unspecified atom stereocenters. The van der Waals surface area contributed by atoms with Gasteiger partial charge in [-0.3, -0.25) is 14.2 Å². The molecule has 0 amide bonds. The highest BCUT2D eigenvalue weighted by atomic mass is 35.5. The smallest absolute Gasteiger partial charge is 0.326 e. The van der Waals surface area contributed by atoms with E-state index in [2.05, 4.69) is 4.98 Å². The molecule has 2 aromatic rings. The van der Waals surface area contributed by atoms with E-state index >= 15 is 0 Å². The Kier molecular flexibility index (Phi) is 5.20. The Morgan fingerprint density at radius 3 is 2.86 bits per heavy atom. The van der Waals surface area contributed by atoms with Crippen LogP contribution in [0.2, 0.25) is 10.0 Å². The van der Waals surface area contributed by atoms with Crippen LogP contribution in [-0.4, -0.2) is 22.1 Å². The number of unbranched alkanes of at least 4 members (excludes halogenated alkanes) is 1. The number of hydrogen-bond donors (Lipinski definition) is 0. The number of hydrogen-bond acceptors (Lipinski definition) is 4. The number of halogens is 2. The minimum Gasteiger partial charge on any atom is -0.464 e. The Labute approximate surface area is 131 Å². The van der Waals surface area contributed by atoms with E-state index in [9.17, 15) is 9.59 Å². The third kappa shape index (κ3) is 3.74. The van der Waals surface area contributed by atoms with Crippen LogP contribution in [0.3, 0.4) is 0 Å². The van der Waals surface area contributed by atoms with Crippen molar-refractivity contribution >= 4 is 40.1 Å². The predicted octanol–water partition coefficient (Wildman–Crippen LogP) is 3.05. The molecule has 5 nitrogen and oxygen atoms in total. The summed E-state index contributed by atoms with van der Waals surface area (Å²) < 4.78 is 6.21. The van der Waals surface area contributed by atoms with Gasteiger partial charge in [0.2, 0.25) is 0 Å². The fourth-order valence-corrected chi connectivity index (χ4v) is 2.36. The first-order chi connectivity index (χ1) is 10.0. The van der Waals surface area contributed by atoms with Crippen LogP contribution in [-0.2, 0) is 16.1 Å². The van der Waals surface area contributed by atoms with Gasteiger partial charge in [-0.05, 0) is 18.6 Å². The summed E-state index contributed by atoms with van der Waals surface area (Å²) in [5.41, 5.74) is -0.0153. The van der Waals surface area contributed by atoms with Crippen LogP contribution in [0.1, 0.15) is 19.8 Å². The van der Waals surface area contributed by atoms with Gasteiger partial charge in [-0.15, -0.1) is 0 Å². The zero-order chi connectivity index (χ0) is 15.4. The topological polar surface area (TPSA) is 61.2 Å². The fourth-order valence-electron chi connectivity index (χ4n) is 1.82. The quantitative estimate of drug-likeness (QED) is 0.625. The first-order valence-corrected chi connectivity index (χ1v) is 7.28. The van der Waals surface area contributed by atoms with Gasteiger partial charge in [0.05, 0.1) is 28.9 Å². The fraction of sp³-hybridized carbons (Fsp3) is 0.357. The second-order valence-corrected chi connectivity index (χ2v) is 5.38. The molecule has 1 aromatic heterocycles. The van der Waals surface area contributed by atoms with Crippen molar-refractivity contribution in [2.45, 2.75) is 26.3 Å². The number of esters is 1. The summed E-state index contributed by atoms with van der Waals surface area (Å²) in [4.78, 5) is 28.0. The highest BCUT2D eigenvalue weighted by Gasteiger charge is 2.11. The van der Waals surface area contributed by atoms with Gasteiger partial charge < -0.3 is 4.74 Å². The molecule has 7 heteroatoms. The monoisotopic (exact) mass is 328 g/mol. The van der Waals surface area contributed by atoms with Crippen molar-refractivity contribution in [1.82, 2.24) is 9.55 Å². The van der Waals surface area contributed by atoms with Crippen LogP contribution >= 0.6 is 23.2 Å². The Morgan fingerprint density at radius 1 is 1.38 bits per heavy atom. The third-order valence-corrected chi connectivity index (χ3v) is 3.41. The number of carbonyl (C=O) groups is 1. The van der Waals surface area contributed by atoms with Gasteiger partial charge >= 0.3 is 5.97 Å². The number of aromatic nitrogens is 2. The Bertz CT molecular complexity index is 728. The summed E-state index contributed by atoms with van der Waals surface area (Å²) in [6, 6.07) is 3.00. The van der Waals surface area contributed by atoms with E-state index in [1.54, 1.807) is 0 Å². The van der Waals surface area contributed by atoms with E-state index < -0.39 is 5.97 Å². The minimum atomic E-state index is -0.472. The van der Waals surface area contributed by atoms with Crippen molar-refractivity contribution in [3.63, 3.8) is 0 Å². The molecule has 112 valence electrons. The molecule has 0 fully saturated rings. The highest BCUT2D eigenvalue weighted by molar-refractivity contribution is 6.38. The van der Waals surface area contributed by atoms with Gasteiger partial charge in [-0.25, -0.2) is 4.98 Å². The van der Waals surface area contributed by atoms with Gasteiger partial charge in [-0.2, -0.15) is 0 Å². The largest absolute Gasteiger partial charge is 0.464 e. The summed E-state index contributed by atoms with van der Waals surface area (Å²) in [5, 5.41) is 0.915. The zero-order valence-corrected chi connectivity index (χ0v) is 12.9. The first kappa shape index (κ1) is 15.8. The molecule has 0 spiro atoms. The summed E-state index contributed by atoms with van der Waals surface area (Å²) in [6.45, 7) is 2.16. The molecular weight excluding hydrogens is 315 g/mol. The van der Waals surface area contributed by atoms with E-state index in [0.717, 1.165) is 12.8 Å². The summed E-state index contributed by atoms with van der Waals surface area (Å²) in [5.74, 6) is -0.472. The van der Waals surface area contributed by atoms with Crippen LogP contribution in [0.25, 0.3) is 10.9 Å². The first-order valence-electron chi connectivity index (χ1n) is 6.52. The second-order valence-electron chi connectivity index (χ2n) is 4.54. The molecule has 0 aliphatic carbocycles. The van der Waals surface area contributed by atoms with E-state index in [1.807, 2.05) is 6.92 Å². The summed E-state index contributed by atoms with van der Waals surface area (Å²) >= 11 is 11.9. The number of nitrogens with zero attached hydrogens (tertiary/aromatic N) is 2. The predicted molar refractivity (Wildman–Crippen MR) is 81.9 cm³/mol. The number of carbonyl (C=O) groups excluding carboxylic acids is 1. The molecule has 0 N–H and O–H groups in total. The Hall–Kier alpha value is -1.59. The maximum atomic E-state index is 12.3. The van der Waals surface area contributed by atoms with Gasteiger partial charge in [0.25, 0.3) is 5.56 Å². The maximum Gasteiger partial charge on any atom is 0.326 e. The molecule has 2 rings (SSSR count). The van der Waals surface area contributed by atoms with E-state index in [0.29, 0.717) is 22.2 Å². The van der Waals surface area contributed by atoms with Gasteiger partial charge in [-0.1, -0.05) is 36.5 Å². The van der Waals surface area contributed by atoms with E-state index in [4.69, 9.17) is 27.9 Å². The normalized spacial score (nSPS) is 10.8. The van der Waals surface area contributed by atoms with Crippen LogP contribution in [0, 0.1) is 0 Å². The lowest BCUT2D eigenvalue weighted by atomic mass is 10.2. The maximum absolute atomic E-state index is 12.3. The molecule has 0 saturated carbocycles. The second kappa shape index (κ2) is 6.91. The third-order valence-electron chi connectivity index (χ3n) is 2.91. The lowest BCUT2D eigenvalue weighted by Gasteiger charge is -2.08. The van der Waals surface area contributed by atoms with Crippen LogP contribution in [0.15, 0.2) is 23.3 Å². The van der Waals surface area contributed by atoms with Gasteiger partial charge in [0, 0.05) is 5.02 Å². The molecule has 0 atom stereocenters. The van der Waals surface area contributed by atoms with E-state index in [1.165, 1.54) is 23.0 Å². The van der Waals surface area contributed by atoms with Gasteiger partial charge in [0.15, 0.2) is 0 Å². The molecule has 0 aliphatic rings. The van der Waals surface area contributed by atoms with Crippen molar-refractivity contribution in [2.24, 2.45) is 0 Å². The average molecular weight is 329 g/mol. The van der Waals surface area contributed by atoms with Gasteiger partial charge in [0.1, 0.15) is 6.54 Å². The zero-order valence-electron chi connectivity index (χ0n) is 11.4. The highest BCUT2D eigenvalue weighted by Crippen LogP contribution is 2.23. The molecule has 0 aliphatic heterocycles. The van der Waals surface area contributed by atoms with Crippen molar-refractivity contribution < 1.29 is 9.53 Å². The number of rotatable bonds is 5. The summed E-state index contributed by atoms with van der Waals surface area (Å²) in [7, 11) is 0. The average Bonchev–Trinajstić information content (AvgIpc) is 2.43. The Morgan fingerprint density at radius 2 is 2.14 bits per heavy atom. The number of benzene rings is 1. The number of fused-ring (bicyclic) bond motifs is 1. The SMILES string of the molecule is CCCCOC(=O)Cn1cnc2c(Cl)cc(Cl)cc2c1=O. The molecule has 1 aromatic carbocycles. The minimum absolute atomic E-state index is 0.185. The molecule has 0 saturated heterocycles. The molecular formula is C14H14Cl2N2O3. The van der Waals surface area contributed by atoms with Crippen LogP contribution < -0.4 is 5.56 Å². The van der Waals surface area contributed by atoms with E-state index in [-0.39, 0.29) is 17.5 Å². The van der Waals surface area contributed by atoms with Crippen LogP contribution in [0.4, 0.5) is 0 Å². The van der Waals surface area contributed by atoms with Crippen molar-refractivity contribution in [1.29, 1.82) is 0 Å². The molecule has 0 bridgehead atoms. The van der Waals surface area contributed by atoms with Crippen molar-refractivity contribution in [3.05, 3.63) is 38.9 Å². The van der Waals surface area contributed by atoms with Crippen LogP contribution in [0.5, 0.6) is 0 Å². The standard InChI is InChI=1S/C14H14Cl2N2O3/c1-2-3-4-21-12(19)7-18-8-17-13-10(14(18)20)5-9(15)6-11(13)16/h5-6,8H,2-4,7H2,1H3. The summed E-state index contributed by atoms with van der Waals surface area (Å²) in [6.07, 6.45) is 3.01. The molecule has 1 heterocycles. The van der Waals surface area contributed by atoms with Crippen molar-refractivity contribution in [2.75, 3.05) is 6.61 Å². The lowest BCUT2D eigenvalue weighted by Crippen LogP contribution is -2.26. The van der Waals surface area contributed by atoms with Crippen molar-refractivity contribution in [3.8, 4) is 0 Å². The Balaban J connectivity index is 2.28. The molecule has 21 heavy (non-hydrogen) atoms. The molecule has 0 radical (unpaired) electrons. The lowest BCUT2D eigenvalue weighted by molar-refractivity contribution is -0.144.